The molecule has 7 heteroatoms. The van der Waals surface area contributed by atoms with Crippen LogP contribution in [0.3, 0.4) is 0 Å². The molecule has 1 N–H and O–H groups in total. The summed E-state index contributed by atoms with van der Waals surface area (Å²) in [6.07, 6.45) is 0.955. The number of sulfonamides is 1. The molecule has 1 aromatic carbocycles. The van der Waals surface area contributed by atoms with E-state index in [1.54, 1.807) is 12.1 Å². The fourth-order valence-electron chi connectivity index (χ4n) is 2.14. The van der Waals surface area contributed by atoms with Crippen LogP contribution in [0.15, 0.2) is 23.1 Å². The highest BCUT2D eigenvalue weighted by Crippen LogP contribution is 2.27. The van der Waals surface area contributed by atoms with Crippen molar-refractivity contribution in [2.24, 2.45) is 0 Å². The molecule has 1 heterocycles. The standard InChI is InChI=1S/C12H14INO4S/c1-8-4-5-9(7-10(8)13)19(17,18)14-6-2-3-11(14)12(15)16/h4-5,7,11H,2-3,6H2,1H3,(H,15,16). The van der Waals surface area contributed by atoms with Crippen LogP contribution >= 0.6 is 22.6 Å². The second-order valence-corrected chi connectivity index (χ2v) is 7.58. The van der Waals surface area contributed by atoms with Crippen LogP contribution in [0.5, 0.6) is 0 Å². The number of hydrogen-bond acceptors (Lipinski definition) is 3. The van der Waals surface area contributed by atoms with E-state index in [1.807, 2.05) is 6.92 Å². The number of aryl methyl sites for hydroxylation is 1. The van der Waals surface area contributed by atoms with Crippen molar-refractivity contribution in [3.63, 3.8) is 0 Å². The molecular formula is C12H14INO4S. The Bertz CT molecular complexity index is 614. The zero-order chi connectivity index (χ0) is 14.2. The summed E-state index contributed by atoms with van der Waals surface area (Å²) in [7, 11) is -3.72. The fourth-order valence-corrected chi connectivity index (χ4v) is 4.55. The lowest BCUT2D eigenvalue weighted by Crippen LogP contribution is -2.40. The zero-order valence-corrected chi connectivity index (χ0v) is 13.3. The van der Waals surface area contributed by atoms with E-state index in [0.717, 1.165) is 13.4 Å². The number of hydrogen-bond donors (Lipinski definition) is 1. The van der Waals surface area contributed by atoms with Crippen LogP contribution in [0.4, 0.5) is 0 Å². The van der Waals surface area contributed by atoms with Crippen molar-refractivity contribution in [2.75, 3.05) is 6.54 Å². The summed E-state index contributed by atoms with van der Waals surface area (Å²) in [5, 5.41) is 9.09. The average Bonchev–Trinajstić information content (AvgIpc) is 2.82. The van der Waals surface area contributed by atoms with E-state index in [0.29, 0.717) is 12.8 Å². The number of carbonyl (C=O) groups is 1. The molecule has 2 rings (SSSR count). The smallest absolute Gasteiger partial charge is 0.322 e. The fraction of sp³-hybridized carbons (Fsp3) is 0.417. The summed E-state index contributed by atoms with van der Waals surface area (Å²) >= 11 is 2.07. The molecule has 1 fully saturated rings. The highest BCUT2D eigenvalue weighted by molar-refractivity contribution is 14.1. The Balaban J connectivity index is 2.42. The molecule has 104 valence electrons. The molecule has 0 aromatic heterocycles. The van der Waals surface area contributed by atoms with Crippen LogP contribution < -0.4 is 0 Å². The Morgan fingerprint density at radius 2 is 2.16 bits per heavy atom. The number of rotatable bonds is 3. The summed E-state index contributed by atoms with van der Waals surface area (Å²) in [5.74, 6) is -1.08. The van der Waals surface area contributed by atoms with E-state index >= 15 is 0 Å². The molecule has 1 atom stereocenters. The van der Waals surface area contributed by atoms with Gasteiger partial charge in [0.1, 0.15) is 6.04 Å². The highest BCUT2D eigenvalue weighted by atomic mass is 127. The molecule has 0 spiro atoms. The number of halogens is 1. The first-order valence-electron chi connectivity index (χ1n) is 5.85. The molecule has 1 aliphatic rings. The van der Waals surface area contributed by atoms with Gasteiger partial charge in [0.05, 0.1) is 4.90 Å². The molecule has 0 radical (unpaired) electrons. The van der Waals surface area contributed by atoms with E-state index < -0.39 is 22.0 Å². The van der Waals surface area contributed by atoms with Crippen molar-refractivity contribution in [3.05, 3.63) is 27.3 Å². The molecular weight excluding hydrogens is 381 g/mol. The topological polar surface area (TPSA) is 74.7 Å². The van der Waals surface area contributed by atoms with Crippen molar-refractivity contribution in [2.45, 2.75) is 30.7 Å². The highest BCUT2D eigenvalue weighted by Gasteiger charge is 2.39. The Morgan fingerprint density at radius 1 is 1.47 bits per heavy atom. The Hall–Kier alpha value is -0.670. The number of carboxylic acids is 1. The SMILES string of the molecule is Cc1ccc(S(=O)(=O)N2CCCC2C(=O)O)cc1I. The van der Waals surface area contributed by atoms with Gasteiger partial charge in [-0.25, -0.2) is 8.42 Å². The predicted molar refractivity (Wildman–Crippen MR) is 78.4 cm³/mol. The van der Waals surface area contributed by atoms with Gasteiger partial charge in [-0.3, -0.25) is 4.79 Å². The summed E-state index contributed by atoms with van der Waals surface area (Å²) in [4.78, 5) is 11.3. The van der Waals surface area contributed by atoms with Crippen molar-refractivity contribution in [1.29, 1.82) is 0 Å². The lowest BCUT2D eigenvalue weighted by Gasteiger charge is -2.21. The summed E-state index contributed by atoms with van der Waals surface area (Å²) in [5.41, 5.74) is 0.996. The number of carboxylic acid groups (broad SMARTS) is 1. The third-order valence-electron chi connectivity index (χ3n) is 3.24. The van der Waals surface area contributed by atoms with Crippen LogP contribution in [-0.2, 0) is 14.8 Å². The molecule has 1 aliphatic heterocycles. The molecule has 0 bridgehead atoms. The van der Waals surface area contributed by atoms with Crippen LogP contribution in [0.1, 0.15) is 18.4 Å². The molecule has 1 saturated heterocycles. The third-order valence-corrected chi connectivity index (χ3v) is 6.30. The van der Waals surface area contributed by atoms with Crippen LogP contribution in [0.25, 0.3) is 0 Å². The number of benzene rings is 1. The summed E-state index contributed by atoms with van der Waals surface area (Å²) in [6.45, 7) is 2.16. The first kappa shape index (κ1) is 14.7. The molecule has 0 amide bonds. The summed E-state index contributed by atoms with van der Waals surface area (Å²) in [6, 6.07) is 3.91. The maximum atomic E-state index is 12.5. The van der Waals surface area contributed by atoms with Crippen LogP contribution in [0, 0.1) is 10.5 Å². The maximum Gasteiger partial charge on any atom is 0.322 e. The minimum atomic E-state index is -3.72. The van der Waals surface area contributed by atoms with Crippen LogP contribution in [0.2, 0.25) is 0 Å². The Morgan fingerprint density at radius 3 is 2.74 bits per heavy atom. The first-order valence-corrected chi connectivity index (χ1v) is 8.36. The van der Waals surface area contributed by atoms with Gasteiger partial charge < -0.3 is 5.11 Å². The van der Waals surface area contributed by atoms with E-state index in [2.05, 4.69) is 22.6 Å². The van der Waals surface area contributed by atoms with Gasteiger partial charge in [-0.15, -0.1) is 0 Å². The Labute approximate surface area is 125 Å². The Kier molecular flexibility index (Phi) is 4.17. The van der Waals surface area contributed by atoms with Gasteiger partial charge >= 0.3 is 5.97 Å². The largest absolute Gasteiger partial charge is 0.480 e. The normalized spacial score (nSPS) is 20.6. The lowest BCUT2D eigenvalue weighted by molar-refractivity contribution is -0.140. The van der Waals surface area contributed by atoms with E-state index in [-0.39, 0.29) is 11.4 Å². The second-order valence-electron chi connectivity index (χ2n) is 4.52. The van der Waals surface area contributed by atoms with Gasteiger partial charge in [0.25, 0.3) is 0 Å². The predicted octanol–water partition coefficient (Wildman–Crippen LogP) is 1.84. The number of nitrogens with zero attached hydrogens (tertiary/aromatic N) is 1. The van der Waals surface area contributed by atoms with Crippen molar-refractivity contribution in [1.82, 2.24) is 4.31 Å². The quantitative estimate of drug-likeness (QED) is 0.793. The van der Waals surface area contributed by atoms with E-state index in [4.69, 9.17) is 5.11 Å². The van der Waals surface area contributed by atoms with Crippen LogP contribution in [-0.4, -0.2) is 36.4 Å². The van der Waals surface area contributed by atoms with Gasteiger partial charge in [-0.1, -0.05) is 6.07 Å². The molecule has 1 aromatic rings. The zero-order valence-electron chi connectivity index (χ0n) is 10.3. The molecule has 1 unspecified atom stereocenters. The number of aliphatic carboxylic acids is 1. The minimum Gasteiger partial charge on any atom is -0.480 e. The third kappa shape index (κ3) is 2.77. The van der Waals surface area contributed by atoms with Crippen molar-refractivity contribution in [3.8, 4) is 0 Å². The second kappa shape index (κ2) is 5.37. The van der Waals surface area contributed by atoms with Gasteiger partial charge in [-0.05, 0) is 60.1 Å². The monoisotopic (exact) mass is 395 g/mol. The first-order chi connectivity index (χ1) is 8.84. The molecule has 19 heavy (non-hydrogen) atoms. The van der Waals surface area contributed by atoms with Gasteiger partial charge in [0.15, 0.2) is 0 Å². The molecule has 5 nitrogen and oxygen atoms in total. The maximum absolute atomic E-state index is 12.5. The van der Waals surface area contributed by atoms with Crippen molar-refractivity contribution < 1.29 is 18.3 Å². The molecule has 0 saturated carbocycles. The van der Waals surface area contributed by atoms with E-state index in [9.17, 15) is 13.2 Å². The van der Waals surface area contributed by atoms with Gasteiger partial charge in [-0.2, -0.15) is 4.31 Å². The van der Waals surface area contributed by atoms with Gasteiger partial charge in [0.2, 0.25) is 10.0 Å². The van der Waals surface area contributed by atoms with Crippen molar-refractivity contribution >= 4 is 38.6 Å². The minimum absolute atomic E-state index is 0.163. The van der Waals surface area contributed by atoms with E-state index in [1.165, 1.54) is 6.07 Å². The van der Waals surface area contributed by atoms with Gasteiger partial charge in [0, 0.05) is 10.1 Å². The lowest BCUT2D eigenvalue weighted by atomic mass is 10.2. The molecule has 0 aliphatic carbocycles. The summed E-state index contributed by atoms with van der Waals surface area (Å²) < 4.78 is 26.9. The average molecular weight is 395 g/mol.